The molecule has 0 bridgehead atoms. The Labute approximate surface area is 110 Å². The number of rotatable bonds is 3. The lowest BCUT2D eigenvalue weighted by atomic mass is 10.2. The molecule has 6 heteroatoms. The van der Waals surface area contributed by atoms with Crippen LogP contribution in [-0.2, 0) is 11.3 Å². The molecule has 0 unspecified atom stereocenters. The van der Waals surface area contributed by atoms with Crippen LogP contribution < -0.4 is 10.6 Å². The summed E-state index contributed by atoms with van der Waals surface area (Å²) in [6, 6.07) is 3.01. The Morgan fingerprint density at radius 1 is 1.44 bits per heavy atom. The first-order valence-corrected chi connectivity index (χ1v) is 5.62. The third-order valence-corrected chi connectivity index (χ3v) is 2.84. The molecule has 0 aromatic heterocycles. The minimum absolute atomic E-state index is 0. The Kier molecular flexibility index (Phi) is 5.50. The van der Waals surface area contributed by atoms with Crippen LogP contribution >= 0.6 is 12.4 Å². The number of halogens is 3. The fraction of sp³-hybridized carbons (Fsp3) is 0.417. The molecule has 18 heavy (non-hydrogen) atoms. The molecule has 1 aliphatic rings. The van der Waals surface area contributed by atoms with Crippen LogP contribution in [-0.4, -0.2) is 18.5 Å². The van der Waals surface area contributed by atoms with Gasteiger partial charge in [0.25, 0.3) is 0 Å². The van der Waals surface area contributed by atoms with E-state index in [0.717, 1.165) is 37.6 Å². The first kappa shape index (κ1) is 14.9. The fourth-order valence-corrected chi connectivity index (χ4v) is 1.89. The molecule has 1 saturated heterocycles. The van der Waals surface area contributed by atoms with Crippen molar-refractivity contribution in [3.8, 4) is 0 Å². The molecule has 3 nitrogen and oxygen atoms in total. The van der Waals surface area contributed by atoms with Gasteiger partial charge in [-0.3, -0.25) is 4.79 Å². The summed E-state index contributed by atoms with van der Waals surface area (Å²) in [5.41, 5.74) is 0.163. The molecule has 0 radical (unpaired) electrons. The summed E-state index contributed by atoms with van der Waals surface area (Å²) in [5, 5.41) is 5.64. The Hall–Kier alpha value is -1.20. The smallest absolute Gasteiger partial charge is 0.237 e. The molecule has 1 amide bonds. The van der Waals surface area contributed by atoms with Gasteiger partial charge in [-0.25, -0.2) is 8.78 Å². The van der Waals surface area contributed by atoms with Gasteiger partial charge in [0.1, 0.15) is 11.6 Å². The van der Waals surface area contributed by atoms with Crippen LogP contribution in [0.1, 0.15) is 18.4 Å². The maximum atomic E-state index is 13.3. The highest BCUT2D eigenvalue weighted by atomic mass is 35.5. The van der Waals surface area contributed by atoms with Gasteiger partial charge >= 0.3 is 0 Å². The second kappa shape index (κ2) is 6.66. The van der Waals surface area contributed by atoms with E-state index in [1.54, 1.807) is 0 Å². The quantitative estimate of drug-likeness (QED) is 0.883. The summed E-state index contributed by atoms with van der Waals surface area (Å²) < 4.78 is 26.1. The molecule has 1 aromatic carbocycles. The molecule has 1 aromatic rings. The molecule has 0 saturated carbocycles. The zero-order valence-corrected chi connectivity index (χ0v) is 10.5. The molecular formula is C12H15ClF2N2O. The summed E-state index contributed by atoms with van der Waals surface area (Å²) in [7, 11) is 0. The van der Waals surface area contributed by atoms with E-state index >= 15 is 0 Å². The van der Waals surface area contributed by atoms with Crippen molar-refractivity contribution in [1.29, 1.82) is 0 Å². The fourth-order valence-electron chi connectivity index (χ4n) is 1.89. The van der Waals surface area contributed by atoms with Crippen molar-refractivity contribution >= 4 is 18.3 Å². The topological polar surface area (TPSA) is 41.1 Å². The lowest BCUT2D eigenvalue weighted by molar-refractivity contribution is -0.122. The molecule has 2 rings (SSSR count). The van der Waals surface area contributed by atoms with Crippen molar-refractivity contribution in [2.75, 3.05) is 6.54 Å². The molecule has 1 fully saturated rings. The molecule has 100 valence electrons. The van der Waals surface area contributed by atoms with Gasteiger partial charge in [0.15, 0.2) is 0 Å². The largest absolute Gasteiger partial charge is 0.351 e. The summed E-state index contributed by atoms with van der Waals surface area (Å²) >= 11 is 0. The molecule has 0 spiro atoms. The third-order valence-electron chi connectivity index (χ3n) is 2.84. The van der Waals surface area contributed by atoms with Crippen LogP contribution in [0.5, 0.6) is 0 Å². The monoisotopic (exact) mass is 276 g/mol. The van der Waals surface area contributed by atoms with Crippen molar-refractivity contribution in [1.82, 2.24) is 10.6 Å². The van der Waals surface area contributed by atoms with Crippen molar-refractivity contribution < 1.29 is 13.6 Å². The number of carbonyl (C=O) groups excluding carboxylic acids is 1. The number of carbonyl (C=O) groups is 1. The Bertz CT molecular complexity index is 423. The average molecular weight is 277 g/mol. The maximum Gasteiger partial charge on any atom is 0.237 e. The van der Waals surface area contributed by atoms with E-state index < -0.39 is 11.6 Å². The Morgan fingerprint density at radius 2 is 2.22 bits per heavy atom. The lowest BCUT2D eigenvalue weighted by Crippen LogP contribution is -2.40. The van der Waals surface area contributed by atoms with Crippen LogP contribution in [0.2, 0.25) is 0 Å². The van der Waals surface area contributed by atoms with Gasteiger partial charge in [-0.05, 0) is 37.6 Å². The summed E-state index contributed by atoms with van der Waals surface area (Å²) in [6.45, 7) is 0.840. The predicted octanol–water partition coefficient (Wildman–Crippen LogP) is 1.75. The second-order valence-electron chi connectivity index (χ2n) is 4.10. The first-order valence-electron chi connectivity index (χ1n) is 5.62. The zero-order chi connectivity index (χ0) is 12.3. The molecule has 1 atom stereocenters. The van der Waals surface area contributed by atoms with Gasteiger partial charge in [-0.15, -0.1) is 12.4 Å². The van der Waals surface area contributed by atoms with Crippen LogP contribution in [0.25, 0.3) is 0 Å². The standard InChI is InChI=1S/C12H14F2N2O.ClH/c13-9-3-4-10(14)8(6-9)7-16-12(17)11-2-1-5-15-11;/h3-4,6,11,15H,1-2,5,7H2,(H,16,17);1H/t11-;/m0./s1. The van der Waals surface area contributed by atoms with Gasteiger partial charge < -0.3 is 10.6 Å². The molecule has 2 N–H and O–H groups in total. The van der Waals surface area contributed by atoms with Crippen LogP contribution in [0.15, 0.2) is 18.2 Å². The number of hydrogen-bond donors (Lipinski definition) is 2. The number of nitrogens with one attached hydrogen (secondary N) is 2. The van der Waals surface area contributed by atoms with E-state index in [4.69, 9.17) is 0 Å². The first-order chi connectivity index (χ1) is 8.16. The van der Waals surface area contributed by atoms with Crippen LogP contribution in [0.3, 0.4) is 0 Å². The lowest BCUT2D eigenvalue weighted by Gasteiger charge is -2.11. The van der Waals surface area contributed by atoms with Gasteiger partial charge in [-0.2, -0.15) is 0 Å². The van der Waals surface area contributed by atoms with Gasteiger partial charge in [0.05, 0.1) is 6.04 Å². The minimum Gasteiger partial charge on any atom is -0.351 e. The van der Waals surface area contributed by atoms with E-state index in [9.17, 15) is 13.6 Å². The molecule has 1 aliphatic heterocycles. The molecular weight excluding hydrogens is 262 g/mol. The van der Waals surface area contributed by atoms with E-state index in [0.29, 0.717) is 0 Å². The highest BCUT2D eigenvalue weighted by molar-refractivity contribution is 5.85. The van der Waals surface area contributed by atoms with Crippen molar-refractivity contribution in [3.05, 3.63) is 35.4 Å². The van der Waals surface area contributed by atoms with E-state index in [-0.39, 0.29) is 36.5 Å². The Morgan fingerprint density at radius 3 is 2.89 bits per heavy atom. The minimum atomic E-state index is -0.508. The summed E-state index contributed by atoms with van der Waals surface area (Å²) in [4.78, 5) is 11.6. The van der Waals surface area contributed by atoms with E-state index in [2.05, 4.69) is 10.6 Å². The van der Waals surface area contributed by atoms with Crippen molar-refractivity contribution in [2.45, 2.75) is 25.4 Å². The predicted molar refractivity (Wildman–Crippen MR) is 66.5 cm³/mol. The van der Waals surface area contributed by atoms with Crippen LogP contribution in [0, 0.1) is 11.6 Å². The number of amides is 1. The van der Waals surface area contributed by atoms with Gasteiger partial charge in [0, 0.05) is 12.1 Å². The number of hydrogen-bond acceptors (Lipinski definition) is 2. The second-order valence-corrected chi connectivity index (χ2v) is 4.10. The SMILES string of the molecule is Cl.O=C(NCc1cc(F)ccc1F)[C@@H]1CCCN1. The zero-order valence-electron chi connectivity index (χ0n) is 9.71. The summed E-state index contributed by atoms with van der Waals surface area (Å²) in [6.07, 6.45) is 1.75. The van der Waals surface area contributed by atoms with Crippen molar-refractivity contribution in [2.24, 2.45) is 0 Å². The van der Waals surface area contributed by atoms with E-state index in [1.807, 2.05) is 0 Å². The van der Waals surface area contributed by atoms with Gasteiger partial charge in [0.2, 0.25) is 5.91 Å². The molecule has 0 aliphatic carbocycles. The van der Waals surface area contributed by atoms with Crippen LogP contribution in [0.4, 0.5) is 8.78 Å². The maximum absolute atomic E-state index is 13.3. The number of benzene rings is 1. The average Bonchev–Trinajstić information content (AvgIpc) is 2.83. The van der Waals surface area contributed by atoms with E-state index in [1.165, 1.54) is 0 Å². The van der Waals surface area contributed by atoms with Gasteiger partial charge in [-0.1, -0.05) is 0 Å². The van der Waals surface area contributed by atoms with Crippen molar-refractivity contribution in [3.63, 3.8) is 0 Å². The highest BCUT2D eigenvalue weighted by Gasteiger charge is 2.21. The summed E-state index contributed by atoms with van der Waals surface area (Å²) in [5.74, 6) is -1.17. The highest BCUT2D eigenvalue weighted by Crippen LogP contribution is 2.10. The third kappa shape index (κ3) is 3.65. The molecule has 1 heterocycles. The normalized spacial score (nSPS) is 18.2. The Balaban J connectivity index is 0.00000162.